The van der Waals surface area contributed by atoms with E-state index >= 15 is 0 Å². The highest BCUT2D eigenvalue weighted by molar-refractivity contribution is 8.18. The minimum atomic E-state index is -0.493. The van der Waals surface area contributed by atoms with Crippen molar-refractivity contribution in [3.63, 3.8) is 0 Å². The van der Waals surface area contributed by atoms with Crippen LogP contribution in [-0.4, -0.2) is 66.3 Å². The molecule has 4 rings (SSSR count). The number of morpholine rings is 1. The third-order valence-corrected chi connectivity index (χ3v) is 7.10. The molecule has 2 aliphatic heterocycles. The first kappa shape index (κ1) is 27.8. The van der Waals surface area contributed by atoms with Crippen LogP contribution >= 0.6 is 23.4 Å². The summed E-state index contributed by atoms with van der Waals surface area (Å²) in [4.78, 5) is 41.1. The Morgan fingerprint density at radius 2 is 1.89 bits per heavy atom. The molecule has 0 bridgehead atoms. The summed E-state index contributed by atoms with van der Waals surface area (Å²) in [7, 11) is 0. The molecule has 2 saturated heterocycles. The van der Waals surface area contributed by atoms with Gasteiger partial charge in [-0.1, -0.05) is 29.8 Å². The summed E-state index contributed by atoms with van der Waals surface area (Å²) in [6.07, 6.45) is 3.91. The van der Waals surface area contributed by atoms with Crippen molar-refractivity contribution in [1.29, 1.82) is 0 Å². The van der Waals surface area contributed by atoms with Crippen LogP contribution in [0, 0.1) is 0 Å². The second-order valence-electron chi connectivity index (χ2n) is 8.61. The number of halogens is 1. The molecule has 10 heteroatoms. The van der Waals surface area contributed by atoms with Crippen molar-refractivity contribution in [2.24, 2.45) is 0 Å². The molecule has 2 aromatic carbocycles. The number of rotatable bonds is 10. The van der Waals surface area contributed by atoms with Crippen molar-refractivity contribution in [3.05, 3.63) is 75.7 Å². The van der Waals surface area contributed by atoms with Gasteiger partial charge in [-0.25, -0.2) is 0 Å². The second kappa shape index (κ2) is 13.0. The van der Waals surface area contributed by atoms with Gasteiger partial charge in [0.15, 0.2) is 11.5 Å². The molecule has 0 N–H and O–H groups in total. The Morgan fingerprint density at radius 1 is 1.16 bits per heavy atom. The molecule has 8 nitrogen and oxygen atoms in total. The topological polar surface area (TPSA) is 85.4 Å². The number of ether oxygens (including phenoxy) is 3. The van der Waals surface area contributed by atoms with Gasteiger partial charge in [0.2, 0.25) is 5.91 Å². The van der Waals surface area contributed by atoms with Crippen LogP contribution in [-0.2, 0) is 27.4 Å². The fourth-order valence-corrected chi connectivity index (χ4v) is 5.04. The molecule has 3 amide bonds. The minimum absolute atomic E-state index is 0.242. The first-order valence-corrected chi connectivity index (χ1v) is 13.5. The SMILES string of the molecule is C=CCc1cc(/C=C2\SC(=O)N(CC(=O)N3CCOCC3)C2=O)cc(OCC)c1OCc1ccc(Cl)cc1. The van der Waals surface area contributed by atoms with Gasteiger partial charge in [-0.05, 0) is 66.6 Å². The molecule has 0 spiro atoms. The van der Waals surface area contributed by atoms with Gasteiger partial charge in [0.1, 0.15) is 13.2 Å². The zero-order valence-electron chi connectivity index (χ0n) is 21.1. The highest BCUT2D eigenvalue weighted by Crippen LogP contribution is 2.38. The maximum atomic E-state index is 13.0. The van der Waals surface area contributed by atoms with Crippen LogP contribution in [0.1, 0.15) is 23.6 Å². The summed E-state index contributed by atoms with van der Waals surface area (Å²) in [5, 5.41) is 0.178. The number of thioether (sulfide) groups is 1. The van der Waals surface area contributed by atoms with Crippen LogP contribution in [0.5, 0.6) is 11.5 Å². The first-order chi connectivity index (χ1) is 18.4. The van der Waals surface area contributed by atoms with E-state index in [-0.39, 0.29) is 17.4 Å². The molecule has 0 saturated carbocycles. The molecule has 2 fully saturated rings. The van der Waals surface area contributed by atoms with Crippen molar-refractivity contribution in [3.8, 4) is 11.5 Å². The van der Waals surface area contributed by atoms with Gasteiger partial charge in [0, 0.05) is 23.7 Å². The average molecular weight is 557 g/mol. The van der Waals surface area contributed by atoms with Gasteiger partial charge in [-0.2, -0.15) is 0 Å². The van der Waals surface area contributed by atoms with E-state index in [1.54, 1.807) is 35.3 Å². The van der Waals surface area contributed by atoms with Gasteiger partial charge in [0.05, 0.1) is 24.7 Å². The molecule has 2 aromatic rings. The maximum absolute atomic E-state index is 13.0. The van der Waals surface area contributed by atoms with E-state index in [1.165, 1.54) is 0 Å². The van der Waals surface area contributed by atoms with Crippen molar-refractivity contribution >= 4 is 46.5 Å². The fraction of sp³-hybridized carbons (Fsp3) is 0.321. The lowest BCUT2D eigenvalue weighted by Crippen LogP contribution is -2.46. The van der Waals surface area contributed by atoms with E-state index in [0.29, 0.717) is 68.0 Å². The molecule has 2 aliphatic rings. The zero-order chi connectivity index (χ0) is 27.1. The maximum Gasteiger partial charge on any atom is 0.294 e. The number of nitrogens with zero attached hydrogens (tertiary/aromatic N) is 2. The molecule has 200 valence electrons. The molecule has 0 aliphatic carbocycles. The predicted octanol–water partition coefficient (Wildman–Crippen LogP) is 4.94. The van der Waals surface area contributed by atoms with Crippen LogP contribution in [0.4, 0.5) is 4.79 Å². The van der Waals surface area contributed by atoms with Crippen molar-refractivity contribution in [2.45, 2.75) is 20.0 Å². The van der Waals surface area contributed by atoms with Crippen LogP contribution in [0.25, 0.3) is 6.08 Å². The Bertz CT molecular complexity index is 1240. The van der Waals surface area contributed by atoms with Crippen LogP contribution in [0.15, 0.2) is 54.0 Å². The van der Waals surface area contributed by atoms with E-state index in [0.717, 1.165) is 27.8 Å². The van der Waals surface area contributed by atoms with Gasteiger partial charge in [-0.3, -0.25) is 19.3 Å². The number of benzene rings is 2. The van der Waals surface area contributed by atoms with Crippen LogP contribution in [0.3, 0.4) is 0 Å². The predicted molar refractivity (Wildman–Crippen MR) is 147 cm³/mol. The molecular formula is C28H29ClN2O6S. The normalized spacial score (nSPS) is 16.7. The molecule has 0 aromatic heterocycles. The van der Waals surface area contributed by atoms with E-state index in [2.05, 4.69) is 6.58 Å². The number of hydrogen-bond donors (Lipinski definition) is 0. The summed E-state index contributed by atoms with van der Waals surface area (Å²) in [5.41, 5.74) is 2.45. The van der Waals surface area contributed by atoms with E-state index < -0.39 is 11.1 Å². The van der Waals surface area contributed by atoms with Crippen LogP contribution in [0.2, 0.25) is 5.02 Å². The third-order valence-electron chi connectivity index (χ3n) is 5.94. The van der Waals surface area contributed by atoms with E-state index in [4.69, 9.17) is 25.8 Å². The summed E-state index contributed by atoms with van der Waals surface area (Å²) < 4.78 is 17.3. The Morgan fingerprint density at radius 3 is 2.58 bits per heavy atom. The Kier molecular flexibility index (Phi) is 9.49. The lowest BCUT2D eigenvalue weighted by molar-refractivity contribution is -0.139. The monoisotopic (exact) mass is 556 g/mol. The highest BCUT2D eigenvalue weighted by Gasteiger charge is 2.37. The number of carbonyl (C=O) groups excluding carboxylic acids is 3. The number of imide groups is 1. The summed E-state index contributed by atoms with van der Waals surface area (Å²) in [6, 6.07) is 11.1. The molecule has 38 heavy (non-hydrogen) atoms. The van der Waals surface area contributed by atoms with Crippen LogP contribution < -0.4 is 9.47 Å². The molecule has 0 unspecified atom stereocenters. The number of carbonyl (C=O) groups is 3. The third kappa shape index (κ3) is 6.78. The minimum Gasteiger partial charge on any atom is -0.490 e. The second-order valence-corrected chi connectivity index (χ2v) is 10.0. The summed E-state index contributed by atoms with van der Waals surface area (Å²) >= 11 is 6.80. The van der Waals surface area contributed by atoms with Gasteiger partial charge >= 0.3 is 0 Å². The van der Waals surface area contributed by atoms with E-state index in [9.17, 15) is 14.4 Å². The zero-order valence-corrected chi connectivity index (χ0v) is 22.7. The first-order valence-electron chi connectivity index (χ1n) is 12.3. The van der Waals surface area contributed by atoms with Gasteiger partial charge in [-0.15, -0.1) is 6.58 Å². The molecular weight excluding hydrogens is 528 g/mol. The molecule has 2 heterocycles. The Labute approximate surface area is 231 Å². The summed E-state index contributed by atoms with van der Waals surface area (Å²) in [5.74, 6) is 0.343. The number of allylic oxidation sites excluding steroid dienone is 1. The lowest BCUT2D eigenvalue weighted by Gasteiger charge is -2.28. The van der Waals surface area contributed by atoms with E-state index in [1.807, 2.05) is 25.1 Å². The fourth-order valence-electron chi connectivity index (χ4n) is 4.07. The van der Waals surface area contributed by atoms with Gasteiger partial charge < -0.3 is 19.1 Å². The molecule has 0 atom stereocenters. The Hall–Kier alpha value is -3.27. The lowest BCUT2D eigenvalue weighted by atomic mass is 10.0. The van der Waals surface area contributed by atoms with Crippen molar-refractivity contribution in [1.82, 2.24) is 9.80 Å². The standard InChI is InChI=1S/C28H29ClN2O6S/c1-3-5-21-14-20(15-23(36-4-2)26(21)37-18-19-6-8-22(29)9-7-19)16-24-27(33)31(28(34)38-24)17-25(32)30-10-12-35-13-11-30/h3,6-9,14-16H,1,4-5,10-13,17-18H2,2H3/b24-16-. The number of hydrogen-bond acceptors (Lipinski definition) is 7. The number of amides is 3. The Balaban J connectivity index is 1.56. The molecule has 0 radical (unpaired) electrons. The largest absolute Gasteiger partial charge is 0.490 e. The van der Waals surface area contributed by atoms with Crippen molar-refractivity contribution in [2.75, 3.05) is 39.5 Å². The van der Waals surface area contributed by atoms with Gasteiger partial charge in [0.25, 0.3) is 11.1 Å². The van der Waals surface area contributed by atoms with Crippen molar-refractivity contribution < 1.29 is 28.6 Å². The highest BCUT2D eigenvalue weighted by atomic mass is 35.5. The quantitative estimate of drug-likeness (QED) is 0.302. The smallest absolute Gasteiger partial charge is 0.294 e. The summed E-state index contributed by atoms with van der Waals surface area (Å²) in [6.45, 7) is 7.96. The average Bonchev–Trinajstić information content (AvgIpc) is 3.17.